The van der Waals surface area contributed by atoms with Crippen molar-refractivity contribution in [3.63, 3.8) is 0 Å². The summed E-state index contributed by atoms with van der Waals surface area (Å²) in [7, 11) is 0. The molecule has 2 heterocycles. The summed E-state index contributed by atoms with van der Waals surface area (Å²) in [6.07, 6.45) is 5.23. The molecule has 6 nitrogen and oxygen atoms in total. The van der Waals surface area contributed by atoms with E-state index in [-0.39, 0.29) is 5.91 Å². The number of aryl methyl sites for hydroxylation is 1. The number of aromatic nitrogens is 3. The van der Waals surface area contributed by atoms with Crippen molar-refractivity contribution in [3.05, 3.63) is 53.1 Å². The monoisotopic (exact) mass is 293 g/mol. The molecule has 1 aromatic carbocycles. The quantitative estimate of drug-likeness (QED) is 0.864. The molecule has 22 heavy (non-hydrogen) atoms. The number of fused-ring (bicyclic) bond motifs is 1. The van der Waals surface area contributed by atoms with Gasteiger partial charge in [0.2, 0.25) is 5.91 Å². The van der Waals surface area contributed by atoms with E-state index in [1.165, 1.54) is 6.08 Å². The summed E-state index contributed by atoms with van der Waals surface area (Å²) in [5, 5.41) is 19.7. The smallest absolute Gasteiger partial charge is 0.244 e. The number of hydrogen-bond acceptors (Lipinski definition) is 4. The molecule has 0 saturated carbocycles. The first-order valence-electron chi connectivity index (χ1n) is 7.13. The molecule has 0 bridgehead atoms. The number of nitriles is 1. The number of rotatable bonds is 4. The van der Waals surface area contributed by atoms with Gasteiger partial charge in [-0.15, -0.1) is 10.2 Å². The summed E-state index contributed by atoms with van der Waals surface area (Å²) in [6, 6.07) is 9.09. The van der Waals surface area contributed by atoms with Gasteiger partial charge in [0.25, 0.3) is 0 Å². The summed E-state index contributed by atoms with van der Waals surface area (Å²) in [5.74, 6) is 1.62. The second-order valence-electron chi connectivity index (χ2n) is 5.07. The van der Waals surface area contributed by atoms with E-state index in [1.54, 1.807) is 30.3 Å². The van der Waals surface area contributed by atoms with Crippen molar-refractivity contribution in [2.24, 2.45) is 0 Å². The minimum absolute atomic E-state index is 0.181. The average Bonchev–Trinajstić information content (AvgIpc) is 3.15. The highest BCUT2D eigenvalue weighted by Gasteiger charge is 2.16. The zero-order valence-corrected chi connectivity index (χ0v) is 12.0. The van der Waals surface area contributed by atoms with Gasteiger partial charge in [-0.25, -0.2) is 0 Å². The first-order valence-corrected chi connectivity index (χ1v) is 7.13. The van der Waals surface area contributed by atoms with Gasteiger partial charge in [0, 0.05) is 19.0 Å². The largest absolute Gasteiger partial charge is 0.345 e. The maximum atomic E-state index is 11.8. The van der Waals surface area contributed by atoms with Gasteiger partial charge in [0.15, 0.2) is 5.82 Å². The minimum Gasteiger partial charge on any atom is -0.345 e. The van der Waals surface area contributed by atoms with Gasteiger partial charge in [0.05, 0.1) is 18.2 Å². The van der Waals surface area contributed by atoms with Crippen LogP contribution in [-0.2, 0) is 24.3 Å². The molecule has 0 saturated heterocycles. The maximum absolute atomic E-state index is 11.8. The van der Waals surface area contributed by atoms with Crippen LogP contribution < -0.4 is 5.32 Å². The molecule has 1 aromatic heterocycles. The van der Waals surface area contributed by atoms with E-state index in [1.807, 2.05) is 0 Å². The van der Waals surface area contributed by atoms with E-state index in [0.717, 1.165) is 36.6 Å². The fraction of sp³-hybridized carbons (Fsp3) is 0.250. The van der Waals surface area contributed by atoms with Gasteiger partial charge in [-0.3, -0.25) is 4.79 Å². The lowest BCUT2D eigenvalue weighted by molar-refractivity contribution is -0.116. The van der Waals surface area contributed by atoms with Crippen LogP contribution in [0.3, 0.4) is 0 Å². The van der Waals surface area contributed by atoms with E-state index in [2.05, 4.69) is 26.2 Å². The molecular weight excluding hydrogens is 278 g/mol. The van der Waals surface area contributed by atoms with Gasteiger partial charge in [-0.2, -0.15) is 5.26 Å². The zero-order chi connectivity index (χ0) is 15.4. The van der Waals surface area contributed by atoms with Gasteiger partial charge >= 0.3 is 0 Å². The Morgan fingerprint density at radius 1 is 1.36 bits per heavy atom. The third-order valence-corrected chi connectivity index (χ3v) is 3.57. The van der Waals surface area contributed by atoms with Gasteiger partial charge in [-0.05, 0) is 30.2 Å². The predicted molar refractivity (Wildman–Crippen MR) is 80.4 cm³/mol. The van der Waals surface area contributed by atoms with Gasteiger partial charge in [0.1, 0.15) is 5.82 Å². The molecule has 1 aliphatic heterocycles. The Kier molecular flexibility index (Phi) is 3.97. The fourth-order valence-electron chi connectivity index (χ4n) is 2.41. The zero-order valence-electron chi connectivity index (χ0n) is 12.0. The maximum Gasteiger partial charge on any atom is 0.244 e. The molecule has 0 fully saturated rings. The lowest BCUT2D eigenvalue weighted by Gasteiger charge is -2.03. The minimum atomic E-state index is -0.181. The molecule has 0 spiro atoms. The van der Waals surface area contributed by atoms with Gasteiger partial charge in [-0.1, -0.05) is 12.1 Å². The number of benzene rings is 1. The summed E-state index contributed by atoms with van der Waals surface area (Å²) in [4.78, 5) is 11.8. The van der Waals surface area contributed by atoms with Crippen LogP contribution in [0.2, 0.25) is 0 Å². The SMILES string of the molecule is N#Cc1ccc(/C=C/C(=O)NCc2nnc3n2CCC3)cc1. The molecule has 0 radical (unpaired) electrons. The summed E-state index contributed by atoms with van der Waals surface area (Å²) in [6.45, 7) is 1.30. The first-order chi connectivity index (χ1) is 10.8. The molecule has 1 aliphatic rings. The summed E-state index contributed by atoms with van der Waals surface area (Å²) < 4.78 is 2.06. The Labute approximate surface area is 128 Å². The fourth-order valence-corrected chi connectivity index (χ4v) is 2.41. The standard InChI is InChI=1S/C16H15N5O/c17-10-13-5-3-12(4-6-13)7-8-16(22)18-11-15-20-19-14-2-1-9-21(14)15/h3-8H,1-2,9,11H2,(H,18,22)/b8-7+. The lowest BCUT2D eigenvalue weighted by Crippen LogP contribution is -2.22. The van der Waals surface area contributed by atoms with Crippen LogP contribution in [0.25, 0.3) is 6.08 Å². The highest BCUT2D eigenvalue weighted by Crippen LogP contribution is 2.13. The Bertz CT molecular complexity index is 752. The molecule has 6 heteroatoms. The predicted octanol–water partition coefficient (Wildman–Crippen LogP) is 1.43. The van der Waals surface area contributed by atoms with E-state index in [9.17, 15) is 4.79 Å². The molecule has 3 rings (SSSR count). The van der Waals surface area contributed by atoms with Crippen LogP contribution >= 0.6 is 0 Å². The van der Waals surface area contributed by atoms with Crippen molar-refractivity contribution in [1.29, 1.82) is 5.26 Å². The van der Waals surface area contributed by atoms with E-state index < -0.39 is 0 Å². The van der Waals surface area contributed by atoms with Crippen LogP contribution in [-0.4, -0.2) is 20.7 Å². The van der Waals surface area contributed by atoms with Crippen LogP contribution in [0.5, 0.6) is 0 Å². The van der Waals surface area contributed by atoms with Crippen molar-refractivity contribution in [3.8, 4) is 6.07 Å². The van der Waals surface area contributed by atoms with Crippen molar-refractivity contribution in [1.82, 2.24) is 20.1 Å². The molecular formula is C16H15N5O. The Morgan fingerprint density at radius 3 is 2.95 bits per heavy atom. The third kappa shape index (κ3) is 3.04. The summed E-state index contributed by atoms with van der Waals surface area (Å²) >= 11 is 0. The molecule has 2 aromatic rings. The number of amides is 1. The molecule has 110 valence electrons. The van der Waals surface area contributed by atoms with E-state index >= 15 is 0 Å². The van der Waals surface area contributed by atoms with Crippen LogP contribution in [0.4, 0.5) is 0 Å². The van der Waals surface area contributed by atoms with Crippen LogP contribution in [0, 0.1) is 11.3 Å². The van der Waals surface area contributed by atoms with Crippen molar-refractivity contribution in [2.75, 3.05) is 0 Å². The number of carbonyl (C=O) groups is 1. The first kappa shape index (κ1) is 14.0. The second-order valence-corrected chi connectivity index (χ2v) is 5.07. The number of nitrogens with one attached hydrogen (secondary N) is 1. The highest BCUT2D eigenvalue weighted by atomic mass is 16.1. The van der Waals surface area contributed by atoms with Crippen molar-refractivity contribution < 1.29 is 4.79 Å². The normalized spacial score (nSPS) is 13.0. The Hall–Kier alpha value is -2.94. The topological polar surface area (TPSA) is 83.6 Å². The molecule has 0 aliphatic carbocycles. The Morgan fingerprint density at radius 2 is 2.18 bits per heavy atom. The third-order valence-electron chi connectivity index (χ3n) is 3.57. The Balaban J connectivity index is 1.55. The molecule has 1 amide bonds. The lowest BCUT2D eigenvalue weighted by atomic mass is 10.1. The van der Waals surface area contributed by atoms with E-state index in [4.69, 9.17) is 5.26 Å². The average molecular weight is 293 g/mol. The summed E-state index contributed by atoms with van der Waals surface area (Å²) in [5.41, 5.74) is 1.47. The molecule has 1 N–H and O–H groups in total. The molecule has 0 unspecified atom stereocenters. The van der Waals surface area contributed by atoms with Gasteiger partial charge < -0.3 is 9.88 Å². The van der Waals surface area contributed by atoms with Crippen LogP contribution in [0.15, 0.2) is 30.3 Å². The number of carbonyl (C=O) groups excluding carboxylic acids is 1. The van der Waals surface area contributed by atoms with Crippen molar-refractivity contribution in [2.45, 2.75) is 25.9 Å². The second kappa shape index (κ2) is 6.22. The highest BCUT2D eigenvalue weighted by molar-refractivity contribution is 5.91. The van der Waals surface area contributed by atoms with E-state index in [0.29, 0.717) is 12.1 Å². The number of hydrogen-bond donors (Lipinski definition) is 1. The van der Waals surface area contributed by atoms with Crippen LogP contribution in [0.1, 0.15) is 29.2 Å². The number of nitrogens with zero attached hydrogens (tertiary/aromatic N) is 4. The van der Waals surface area contributed by atoms with Crippen molar-refractivity contribution >= 4 is 12.0 Å². The molecule has 0 atom stereocenters.